The summed E-state index contributed by atoms with van der Waals surface area (Å²) in [7, 11) is -5.06. The molecular formula is C47H88O12S. The minimum Gasteiger partial charge on any atom is -0.457 e. The summed E-state index contributed by atoms with van der Waals surface area (Å²) in [6, 6.07) is 0. The second-order valence-corrected chi connectivity index (χ2v) is 17.8. The topological polar surface area (TPSA) is 178 Å². The maximum Gasteiger partial charge on any atom is 0.397 e. The quantitative estimate of drug-likeness (QED) is 0.0198. The highest BCUT2D eigenvalue weighted by Crippen LogP contribution is 2.26. The molecule has 0 aliphatic carbocycles. The van der Waals surface area contributed by atoms with Crippen molar-refractivity contribution in [1.29, 1.82) is 0 Å². The molecule has 0 amide bonds. The van der Waals surface area contributed by atoms with Gasteiger partial charge in [-0.1, -0.05) is 179 Å². The number of aliphatic hydroxyl groups excluding tert-OH is 3. The zero-order valence-electron chi connectivity index (χ0n) is 37.8. The number of allylic oxidation sites excluding steroid dienone is 4. The smallest absolute Gasteiger partial charge is 0.397 e. The van der Waals surface area contributed by atoms with Gasteiger partial charge in [0.1, 0.15) is 30.5 Å². The van der Waals surface area contributed by atoms with Crippen LogP contribution in [-0.4, -0.2) is 97.5 Å². The SMILES string of the molecule is CCCCCCC/C=C\C/C=C\CCCCCCCCCCCC(=O)OC(COCCCCCCCCCCCCCC)COC1OC(CO)C(O)C(OS(=O)(=O)O)C1O. The predicted molar refractivity (Wildman–Crippen MR) is 239 cm³/mol. The van der Waals surface area contributed by atoms with Crippen molar-refractivity contribution in [1.82, 2.24) is 0 Å². The van der Waals surface area contributed by atoms with Crippen LogP contribution >= 0.6 is 0 Å². The Kier molecular flexibility index (Phi) is 37.0. The van der Waals surface area contributed by atoms with E-state index in [1.54, 1.807) is 0 Å². The molecule has 6 atom stereocenters. The lowest BCUT2D eigenvalue weighted by Gasteiger charge is -2.41. The first-order chi connectivity index (χ1) is 29.1. The first-order valence-electron chi connectivity index (χ1n) is 24.1. The van der Waals surface area contributed by atoms with Gasteiger partial charge in [-0.05, 0) is 44.9 Å². The molecule has 1 aliphatic rings. The number of rotatable bonds is 42. The lowest BCUT2D eigenvalue weighted by Crippen LogP contribution is -2.60. The van der Waals surface area contributed by atoms with E-state index >= 15 is 0 Å². The third-order valence-corrected chi connectivity index (χ3v) is 11.5. The third-order valence-electron chi connectivity index (χ3n) is 11.1. The first kappa shape index (κ1) is 56.6. The molecule has 12 nitrogen and oxygen atoms in total. The van der Waals surface area contributed by atoms with Crippen molar-refractivity contribution < 1.29 is 56.2 Å². The average Bonchev–Trinajstić information content (AvgIpc) is 3.22. The minimum absolute atomic E-state index is 0.0382. The van der Waals surface area contributed by atoms with Gasteiger partial charge in [0.15, 0.2) is 6.29 Å². The summed E-state index contributed by atoms with van der Waals surface area (Å²) >= 11 is 0. The molecule has 0 bridgehead atoms. The molecule has 0 saturated carbocycles. The van der Waals surface area contributed by atoms with E-state index in [9.17, 15) is 28.5 Å². The van der Waals surface area contributed by atoms with Crippen LogP contribution in [0.25, 0.3) is 0 Å². The van der Waals surface area contributed by atoms with E-state index in [4.69, 9.17) is 23.5 Å². The van der Waals surface area contributed by atoms with Crippen molar-refractivity contribution in [2.24, 2.45) is 0 Å². The molecule has 1 saturated heterocycles. The summed E-state index contributed by atoms with van der Waals surface area (Å²) in [6.07, 6.45) is 34.9. The third kappa shape index (κ3) is 32.3. The van der Waals surface area contributed by atoms with E-state index in [0.717, 1.165) is 51.4 Å². The monoisotopic (exact) mass is 877 g/mol. The fourth-order valence-electron chi connectivity index (χ4n) is 7.41. The molecule has 0 aromatic carbocycles. The van der Waals surface area contributed by atoms with Crippen LogP contribution in [0.4, 0.5) is 0 Å². The van der Waals surface area contributed by atoms with Crippen molar-refractivity contribution in [2.75, 3.05) is 26.4 Å². The molecule has 4 N–H and O–H groups in total. The number of unbranched alkanes of at least 4 members (excludes halogenated alkanes) is 25. The number of hydrogen-bond donors (Lipinski definition) is 4. The van der Waals surface area contributed by atoms with Crippen molar-refractivity contribution in [3.05, 3.63) is 24.3 Å². The number of hydrogen-bond acceptors (Lipinski definition) is 11. The predicted octanol–water partition coefficient (Wildman–Crippen LogP) is 10.4. The molecule has 0 radical (unpaired) electrons. The highest BCUT2D eigenvalue weighted by Gasteiger charge is 2.48. The number of esters is 1. The van der Waals surface area contributed by atoms with Gasteiger partial charge >= 0.3 is 16.4 Å². The van der Waals surface area contributed by atoms with Gasteiger partial charge in [-0.15, -0.1) is 0 Å². The Balaban J connectivity index is 2.37. The Bertz CT molecular complexity index is 1150. The van der Waals surface area contributed by atoms with Gasteiger partial charge in [0.25, 0.3) is 0 Å². The van der Waals surface area contributed by atoms with Crippen LogP contribution < -0.4 is 0 Å². The summed E-state index contributed by atoms with van der Waals surface area (Å²) in [5.41, 5.74) is 0. The zero-order chi connectivity index (χ0) is 43.9. The van der Waals surface area contributed by atoms with Gasteiger partial charge in [-0.3, -0.25) is 9.35 Å². The number of aliphatic hydroxyl groups is 3. The summed E-state index contributed by atoms with van der Waals surface area (Å²) in [6.45, 7) is 3.99. The molecule has 1 aliphatic heterocycles. The molecule has 1 rings (SSSR count). The Labute approximate surface area is 365 Å². The fourth-order valence-corrected chi connectivity index (χ4v) is 7.92. The standard InChI is InChI=1S/C47H88O12S/c1-3-5-7-9-11-13-15-17-18-19-20-21-22-23-24-25-26-28-30-32-34-36-43(49)57-41(39-55-37-35-33-31-29-27-16-14-12-10-8-6-4-2)40-56-47-45(51)46(59-60(52,53)54)44(50)42(38-48)58-47/h15,17,19-20,41-42,44-48,50-51H,3-14,16,18,21-40H2,1-2H3,(H,52,53,54)/b17-15-,20-19-. The van der Waals surface area contributed by atoms with Gasteiger partial charge < -0.3 is 34.3 Å². The van der Waals surface area contributed by atoms with E-state index in [-0.39, 0.29) is 19.6 Å². The fraction of sp³-hybridized carbons (Fsp3) is 0.894. The minimum atomic E-state index is -5.06. The van der Waals surface area contributed by atoms with E-state index < -0.39 is 59.8 Å². The molecule has 6 unspecified atom stereocenters. The number of carbonyl (C=O) groups is 1. The zero-order valence-corrected chi connectivity index (χ0v) is 38.6. The van der Waals surface area contributed by atoms with Gasteiger partial charge in [0, 0.05) is 13.0 Å². The van der Waals surface area contributed by atoms with Gasteiger partial charge in [0.05, 0.1) is 19.8 Å². The van der Waals surface area contributed by atoms with Crippen molar-refractivity contribution in [2.45, 2.75) is 243 Å². The van der Waals surface area contributed by atoms with E-state index in [0.29, 0.717) is 13.0 Å². The van der Waals surface area contributed by atoms with Gasteiger partial charge in [-0.25, -0.2) is 4.18 Å². The van der Waals surface area contributed by atoms with Gasteiger partial charge in [0.2, 0.25) is 0 Å². The van der Waals surface area contributed by atoms with E-state index in [1.165, 1.54) is 128 Å². The maximum absolute atomic E-state index is 12.9. The van der Waals surface area contributed by atoms with Crippen LogP contribution in [-0.2, 0) is 38.3 Å². The Morgan fingerprint density at radius 2 is 1.10 bits per heavy atom. The van der Waals surface area contributed by atoms with Crippen LogP contribution in [0.2, 0.25) is 0 Å². The van der Waals surface area contributed by atoms with Crippen LogP contribution in [0.3, 0.4) is 0 Å². The van der Waals surface area contributed by atoms with Crippen molar-refractivity contribution >= 4 is 16.4 Å². The molecule has 1 fully saturated rings. The molecular weight excluding hydrogens is 789 g/mol. The Hall–Kier alpha value is -1.42. The van der Waals surface area contributed by atoms with Crippen LogP contribution in [0.1, 0.15) is 206 Å². The molecule has 1 heterocycles. The molecule has 0 aromatic rings. The van der Waals surface area contributed by atoms with Crippen molar-refractivity contribution in [3.63, 3.8) is 0 Å². The molecule has 60 heavy (non-hydrogen) atoms. The number of ether oxygens (including phenoxy) is 4. The largest absolute Gasteiger partial charge is 0.457 e. The Morgan fingerprint density at radius 1 is 0.633 bits per heavy atom. The molecule has 0 aromatic heterocycles. The summed E-state index contributed by atoms with van der Waals surface area (Å²) in [4.78, 5) is 12.9. The summed E-state index contributed by atoms with van der Waals surface area (Å²) in [5, 5.41) is 30.7. The Morgan fingerprint density at radius 3 is 1.58 bits per heavy atom. The number of carbonyl (C=O) groups excluding carboxylic acids is 1. The van der Waals surface area contributed by atoms with Crippen LogP contribution in [0, 0.1) is 0 Å². The lowest BCUT2D eigenvalue weighted by molar-refractivity contribution is -0.301. The second-order valence-electron chi connectivity index (χ2n) is 16.7. The highest BCUT2D eigenvalue weighted by molar-refractivity contribution is 7.80. The van der Waals surface area contributed by atoms with Crippen molar-refractivity contribution in [3.8, 4) is 0 Å². The molecule has 0 spiro atoms. The van der Waals surface area contributed by atoms with E-state index in [1.807, 2.05) is 0 Å². The lowest BCUT2D eigenvalue weighted by atomic mass is 9.99. The summed E-state index contributed by atoms with van der Waals surface area (Å²) in [5.74, 6) is -0.401. The van der Waals surface area contributed by atoms with Gasteiger partial charge in [-0.2, -0.15) is 8.42 Å². The first-order valence-corrected chi connectivity index (χ1v) is 25.5. The maximum atomic E-state index is 12.9. The van der Waals surface area contributed by atoms with Crippen LogP contribution in [0.15, 0.2) is 24.3 Å². The molecule has 13 heteroatoms. The second kappa shape index (κ2) is 39.2. The normalized spacial score (nSPS) is 20.4. The van der Waals surface area contributed by atoms with E-state index in [2.05, 4.69) is 42.3 Å². The summed E-state index contributed by atoms with van der Waals surface area (Å²) < 4.78 is 59.1. The highest BCUT2D eigenvalue weighted by atomic mass is 32.3. The molecule has 354 valence electrons. The average molecular weight is 877 g/mol. The van der Waals surface area contributed by atoms with Crippen LogP contribution in [0.5, 0.6) is 0 Å².